The minimum Gasteiger partial charge on any atom is -0.396 e. The first kappa shape index (κ1) is 13.9. The summed E-state index contributed by atoms with van der Waals surface area (Å²) in [6.45, 7) is 1.92. The van der Waals surface area contributed by atoms with Crippen LogP contribution in [0, 0.1) is 0 Å². The summed E-state index contributed by atoms with van der Waals surface area (Å²) in [4.78, 5) is 8.22. The zero-order valence-corrected chi connectivity index (χ0v) is 11.0. The molecule has 0 aliphatic carbocycles. The zero-order chi connectivity index (χ0) is 14.0. The first-order valence-corrected chi connectivity index (χ1v) is 6.31. The molecular formula is C12H21N5O2. The molecule has 19 heavy (non-hydrogen) atoms. The van der Waals surface area contributed by atoms with E-state index in [0.717, 1.165) is 0 Å². The lowest BCUT2D eigenvalue weighted by molar-refractivity contribution is 0.0572. The van der Waals surface area contributed by atoms with Gasteiger partial charge in [0.1, 0.15) is 5.82 Å². The number of nitrogens with zero attached hydrogens (tertiary/aromatic N) is 3. The molecule has 2 heterocycles. The normalized spacial score (nSPS) is 22.8. The summed E-state index contributed by atoms with van der Waals surface area (Å²) in [5, 5.41) is 19.2. The predicted octanol–water partition coefficient (Wildman–Crippen LogP) is -1.40. The smallest absolute Gasteiger partial charge is 0.154 e. The topological polar surface area (TPSA) is 112 Å². The van der Waals surface area contributed by atoms with Crippen molar-refractivity contribution in [2.75, 3.05) is 48.8 Å². The van der Waals surface area contributed by atoms with Crippen LogP contribution in [0.1, 0.15) is 0 Å². The van der Waals surface area contributed by atoms with E-state index < -0.39 is 12.2 Å². The number of pyridine rings is 1. The van der Waals surface area contributed by atoms with Crippen molar-refractivity contribution < 1.29 is 10.2 Å². The highest BCUT2D eigenvalue weighted by molar-refractivity contribution is 5.66. The molecule has 0 aromatic carbocycles. The molecule has 7 nitrogen and oxygen atoms in total. The van der Waals surface area contributed by atoms with E-state index in [1.165, 1.54) is 0 Å². The van der Waals surface area contributed by atoms with Gasteiger partial charge in [-0.3, -0.25) is 0 Å². The summed E-state index contributed by atoms with van der Waals surface area (Å²) in [7, 11) is 1.88. The number of rotatable bonds is 4. The lowest BCUT2D eigenvalue weighted by Gasteiger charge is -2.22. The molecule has 0 spiro atoms. The maximum atomic E-state index is 9.58. The van der Waals surface area contributed by atoms with Gasteiger partial charge in [0.2, 0.25) is 0 Å². The first-order chi connectivity index (χ1) is 9.02. The van der Waals surface area contributed by atoms with Crippen LogP contribution in [0.3, 0.4) is 0 Å². The summed E-state index contributed by atoms with van der Waals surface area (Å²) in [5.74, 6) is 1.36. The van der Waals surface area contributed by atoms with E-state index in [4.69, 9.17) is 11.5 Å². The highest BCUT2D eigenvalue weighted by Gasteiger charge is 2.30. The number of nitrogens with two attached hydrogens (primary N) is 2. The Balaban J connectivity index is 2.21. The van der Waals surface area contributed by atoms with E-state index in [0.29, 0.717) is 43.5 Å². The number of aliphatic hydroxyl groups excluding tert-OH is 2. The van der Waals surface area contributed by atoms with Crippen LogP contribution in [-0.2, 0) is 0 Å². The number of nitrogen functional groups attached to an aromatic ring is 1. The van der Waals surface area contributed by atoms with Gasteiger partial charge in [-0.05, 0) is 12.1 Å². The molecule has 0 saturated carbocycles. The lowest BCUT2D eigenvalue weighted by Crippen LogP contribution is -2.28. The van der Waals surface area contributed by atoms with E-state index in [9.17, 15) is 10.2 Å². The van der Waals surface area contributed by atoms with Gasteiger partial charge in [0.25, 0.3) is 0 Å². The number of likely N-dealkylation sites (N-methyl/N-ethyl adjacent to an activating group) is 1. The Morgan fingerprint density at radius 2 is 2.00 bits per heavy atom. The number of hydrogen-bond acceptors (Lipinski definition) is 7. The van der Waals surface area contributed by atoms with Crippen LogP contribution >= 0.6 is 0 Å². The van der Waals surface area contributed by atoms with Crippen LogP contribution < -0.4 is 21.3 Å². The summed E-state index contributed by atoms with van der Waals surface area (Å²) in [6.07, 6.45) is -1.46. The fraction of sp³-hybridized carbons (Fsp3) is 0.583. The molecule has 0 radical (unpaired) electrons. The fourth-order valence-electron chi connectivity index (χ4n) is 2.19. The molecular weight excluding hydrogens is 246 g/mol. The molecule has 1 aliphatic heterocycles. The molecule has 7 heteroatoms. The Bertz CT molecular complexity index is 432. The van der Waals surface area contributed by atoms with Crippen LogP contribution in [-0.4, -0.2) is 60.6 Å². The molecule has 1 fully saturated rings. The van der Waals surface area contributed by atoms with Gasteiger partial charge in [-0.15, -0.1) is 0 Å². The Morgan fingerprint density at radius 1 is 1.37 bits per heavy atom. The van der Waals surface area contributed by atoms with E-state index in [1.54, 1.807) is 12.1 Å². The average Bonchev–Trinajstić information content (AvgIpc) is 2.70. The highest BCUT2D eigenvalue weighted by atomic mass is 16.3. The van der Waals surface area contributed by atoms with Crippen molar-refractivity contribution in [2.45, 2.75) is 12.2 Å². The molecule has 106 valence electrons. The fourth-order valence-corrected chi connectivity index (χ4v) is 2.19. The van der Waals surface area contributed by atoms with Gasteiger partial charge >= 0.3 is 0 Å². The minimum atomic E-state index is -0.732. The molecule has 1 aromatic rings. The molecule has 0 bridgehead atoms. The third-order valence-electron chi connectivity index (χ3n) is 3.30. The van der Waals surface area contributed by atoms with Crippen LogP contribution in [0.2, 0.25) is 0 Å². The molecule has 1 aromatic heterocycles. The predicted molar refractivity (Wildman–Crippen MR) is 75.2 cm³/mol. The zero-order valence-electron chi connectivity index (χ0n) is 11.0. The maximum absolute atomic E-state index is 9.58. The quantitative estimate of drug-likeness (QED) is 0.531. The number of anilines is 3. The van der Waals surface area contributed by atoms with E-state index >= 15 is 0 Å². The summed E-state index contributed by atoms with van der Waals surface area (Å²) >= 11 is 0. The number of aromatic nitrogens is 1. The van der Waals surface area contributed by atoms with Crippen molar-refractivity contribution in [3.05, 3.63) is 12.1 Å². The van der Waals surface area contributed by atoms with Gasteiger partial charge in [-0.25, -0.2) is 4.98 Å². The van der Waals surface area contributed by atoms with E-state index in [2.05, 4.69) is 4.98 Å². The molecule has 2 atom stereocenters. The number of hydrogen-bond donors (Lipinski definition) is 4. The molecule has 2 unspecified atom stereocenters. The first-order valence-electron chi connectivity index (χ1n) is 6.31. The molecule has 1 aliphatic rings. The van der Waals surface area contributed by atoms with Crippen molar-refractivity contribution >= 4 is 17.3 Å². The third-order valence-corrected chi connectivity index (χ3v) is 3.30. The Hall–Kier alpha value is -1.57. The Kier molecular flexibility index (Phi) is 4.08. The van der Waals surface area contributed by atoms with Gasteiger partial charge < -0.3 is 31.5 Å². The molecule has 2 rings (SSSR count). The van der Waals surface area contributed by atoms with Crippen molar-refractivity contribution in [2.24, 2.45) is 5.73 Å². The van der Waals surface area contributed by atoms with Crippen molar-refractivity contribution in [1.82, 2.24) is 4.98 Å². The van der Waals surface area contributed by atoms with Crippen molar-refractivity contribution in [3.8, 4) is 0 Å². The van der Waals surface area contributed by atoms with Gasteiger partial charge in [-0.1, -0.05) is 0 Å². The third kappa shape index (κ3) is 2.89. The second kappa shape index (κ2) is 5.60. The Morgan fingerprint density at radius 3 is 2.58 bits per heavy atom. The summed E-state index contributed by atoms with van der Waals surface area (Å²) < 4.78 is 0. The lowest BCUT2D eigenvalue weighted by atomic mass is 10.3. The van der Waals surface area contributed by atoms with Crippen LogP contribution in [0.15, 0.2) is 12.1 Å². The largest absolute Gasteiger partial charge is 0.396 e. The summed E-state index contributed by atoms with van der Waals surface area (Å²) in [6, 6.07) is 3.57. The van der Waals surface area contributed by atoms with Crippen LogP contribution in [0.25, 0.3) is 0 Å². The van der Waals surface area contributed by atoms with Gasteiger partial charge in [0, 0.05) is 33.2 Å². The van der Waals surface area contributed by atoms with Gasteiger partial charge in [0.15, 0.2) is 5.82 Å². The van der Waals surface area contributed by atoms with E-state index in [1.807, 2.05) is 16.8 Å². The van der Waals surface area contributed by atoms with Crippen LogP contribution in [0.5, 0.6) is 0 Å². The average molecular weight is 267 g/mol. The molecule has 1 saturated heterocycles. The minimum absolute atomic E-state index is 0.373. The highest BCUT2D eigenvalue weighted by Crippen LogP contribution is 2.25. The Labute approximate surface area is 112 Å². The second-order valence-electron chi connectivity index (χ2n) is 4.83. The number of β-amino-alcohol motifs (C(OH)–C–C–N with tert-alkyl or cyclic N) is 2. The van der Waals surface area contributed by atoms with Crippen molar-refractivity contribution in [3.63, 3.8) is 0 Å². The monoisotopic (exact) mass is 267 g/mol. The van der Waals surface area contributed by atoms with Gasteiger partial charge in [-0.2, -0.15) is 0 Å². The maximum Gasteiger partial charge on any atom is 0.154 e. The molecule has 6 N–H and O–H groups in total. The SMILES string of the molecule is CN(CCN)c1nc(N2CC(O)C(O)C2)ccc1N. The number of aliphatic hydroxyl groups is 2. The summed E-state index contributed by atoms with van der Waals surface area (Å²) in [5.41, 5.74) is 12.0. The standard InChI is InChI=1S/C12H21N5O2/c1-16(5-4-13)12-8(14)2-3-11(15-12)17-6-9(18)10(19)7-17/h2-3,9-10,18-19H,4-7,13-14H2,1H3. The van der Waals surface area contributed by atoms with E-state index in [-0.39, 0.29) is 0 Å². The van der Waals surface area contributed by atoms with Crippen LogP contribution in [0.4, 0.5) is 17.3 Å². The van der Waals surface area contributed by atoms with Crippen molar-refractivity contribution in [1.29, 1.82) is 0 Å². The second-order valence-corrected chi connectivity index (χ2v) is 4.83. The van der Waals surface area contributed by atoms with Gasteiger partial charge in [0.05, 0.1) is 17.9 Å². The molecule has 0 amide bonds.